The average molecular weight is 345 g/mol. The molecule has 3 heterocycles. The molecule has 0 aromatic heterocycles. The normalized spacial score (nSPS) is 36.6. The predicted molar refractivity (Wildman–Crippen MR) is 76.0 cm³/mol. The molecule has 126 valence electrons. The van der Waals surface area contributed by atoms with Gasteiger partial charge in [0, 0.05) is 31.5 Å². The summed E-state index contributed by atoms with van der Waals surface area (Å²) in [5.41, 5.74) is -0.538. The lowest BCUT2D eigenvalue weighted by Gasteiger charge is -2.27. The number of benzene rings is 1. The molecule has 8 heteroatoms. The molecule has 23 heavy (non-hydrogen) atoms. The third-order valence-electron chi connectivity index (χ3n) is 5.49. The monoisotopic (exact) mass is 345 g/mol. The molecule has 3 fully saturated rings. The van der Waals surface area contributed by atoms with Crippen LogP contribution in [0.5, 0.6) is 0 Å². The highest BCUT2D eigenvalue weighted by Crippen LogP contribution is 2.55. The minimum atomic E-state index is -3.92. The SMILES string of the molecule is O=S(=O)(c1ccc(F)c(F)c1)N1C[C@@H]2[C@H](CO)[C@H]3CC[C@]2(C1)O3. The van der Waals surface area contributed by atoms with E-state index in [0.717, 1.165) is 25.0 Å². The van der Waals surface area contributed by atoms with E-state index < -0.39 is 27.3 Å². The number of sulfonamides is 1. The Hall–Kier alpha value is -1.09. The van der Waals surface area contributed by atoms with Crippen LogP contribution in [0.4, 0.5) is 8.78 Å². The molecular formula is C15H17F2NO4S. The maximum absolute atomic E-state index is 13.4. The number of nitrogens with zero attached hydrogens (tertiary/aromatic N) is 1. The summed E-state index contributed by atoms with van der Waals surface area (Å²) in [5, 5.41) is 9.57. The molecular weight excluding hydrogens is 328 g/mol. The molecule has 0 saturated carbocycles. The van der Waals surface area contributed by atoms with Gasteiger partial charge >= 0.3 is 0 Å². The number of hydrogen-bond donors (Lipinski definition) is 1. The maximum Gasteiger partial charge on any atom is 0.243 e. The molecule has 3 aliphatic rings. The van der Waals surface area contributed by atoms with Crippen LogP contribution in [0.15, 0.2) is 23.1 Å². The van der Waals surface area contributed by atoms with E-state index >= 15 is 0 Å². The first-order valence-electron chi connectivity index (χ1n) is 7.61. The number of fused-ring (bicyclic) bond motifs is 1. The van der Waals surface area contributed by atoms with Crippen molar-refractivity contribution in [1.29, 1.82) is 0 Å². The second-order valence-corrected chi connectivity index (χ2v) is 8.52. The van der Waals surface area contributed by atoms with Gasteiger partial charge in [0.1, 0.15) is 0 Å². The van der Waals surface area contributed by atoms with Crippen LogP contribution in [-0.4, -0.2) is 49.2 Å². The molecule has 0 radical (unpaired) electrons. The van der Waals surface area contributed by atoms with Crippen LogP contribution < -0.4 is 0 Å². The van der Waals surface area contributed by atoms with Crippen LogP contribution in [0.3, 0.4) is 0 Å². The molecule has 1 N–H and O–H groups in total. The molecule has 2 bridgehead atoms. The molecule has 0 aliphatic carbocycles. The Morgan fingerprint density at radius 3 is 2.83 bits per heavy atom. The molecule has 1 aromatic rings. The van der Waals surface area contributed by atoms with Gasteiger partial charge in [-0.1, -0.05) is 0 Å². The van der Waals surface area contributed by atoms with Crippen LogP contribution in [0.25, 0.3) is 0 Å². The zero-order chi connectivity index (χ0) is 16.4. The third kappa shape index (κ3) is 2.08. The Morgan fingerprint density at radius 2 is 2.13 bits per heavy atom. The minimum Gasteiger partial charge on any atom is -0.396 e. The largest absolute Gasteiger partial charge is 0.396 e. The summed E-state index contributed by atoms with van der Waals surface area (Å²) in [6.07, 6.45) is 1.58. The average Bonchev–Trinajstić information content (AvgIpc) is 3.17. The second kappa shape index (κ2) is 4.95. The van der Waals surface area contributed by atoms with E-state index in [1.165, 1.54) is 4.31 Å². The Kier molecular flexibility index (Phi) is 3.32. The van der Waals surface area contributed by atoms with Crippen LogP contribution in [0, 0.1) is 23.5 Å². The van der Waals surface area contributed by atoms with Gasteiger partial charge in [0.05, 0.1) is 16.6 Å². The Balaban J connectivity index is 1.66. The van der Waals surface area contributed by atoms with Crippen molar-refractivity contribution in [2.75, 3.05) is 19.7 Å². The Labute approximate surface area is 132 Å². The van der Waals surface area contributed by atoms with Gasteiger partial charge in [0.2, 0.25) is 10.0 Å². The van der Waals surface area contributed by atoms with Gasteiger partial charge in [-0.2, -0.15) is 4.31 Å². The van der Waals surface area contributed by atoms with Crippen molar-refractivity contribution >= 4 is 10.0 Å². The fraction of sp³-hybridized carbons (Fsp3) is 0.600. The van der Waals surface area contributed by atoms with Gasteiger partial charge in [0.15, 0.2) is 11.6 Å². The highest BCUT2D eigenvalue weighted by Gasteiger charge is 2.64. The lowest BCUT2D eigenvalue weighted by atomic mass is 9.74. The lowest BCUT2D eigenvalue weighted by molar-refractivity contribution is 0.00644. The van der Waals surface area contributed by atoms with Crippen molar-refractivity contribution < 1.29 is 27.0 Å². The molecule has 4 rings (SSSR count). The number of ether oxygens (including phenoxy) is 1. The zero-order valence-corrected chi connectivity index (χ0v) is 13.1. The van der Waals surface area contributed by atoms with Crippen molar-refractivity contribution in [3.63, 3.8) is 0 Å². The topological polar surface area (TPSA) is 66.8 Å². The van der Waals surface area contributed by atoms with Gasteiger partial charge in [-0.3, -0.25) is 0 Å². The van der Waals surface area contributed by atoms with E-state index in [1.54, 1.807) is 0 Å². The summed E-state index contributed by atoms with van der Waals surface area (Å²) in [6, 6.07) is 2.59. The van der Waals surface area contributed by atoms with Gasteiger partial charge in [0.25, 0.3) is 0 Å². The Bertz CT molecular complexity index is 756. The second-order valence-electron chi connectivity index (χ2n) is 6.59. The highest BCUT2D eigenvalue weighted by molar-refractivity contribution is 7.89. The first kappa shape index (κ1) is 15.4. The number of aliphatic hydroxyl groups is 1. The quantitative estimate of drug-likeness (QED) is 0.892. The first-order chi connectivity index (χ1) is 10.9. The molecule has 3 aliphatic heterocycles. The summed E-state index contributed by atoms with van der Waals surface area (Å²) in [6.45, 7) is 0.408. The summed E-state index contributed by atoms with van der Waals surface area (Å²) < 4.78 is 59.1. The van der Waals surface area contributed by atoms with Crippen LogP contribution in [0.1, 0.15) is 12.8 Å². The predicted octanol–water partition coefficient (Wildman–Crippen LogP) is 1.13. The van der Waals surface area contributed by atoms with E-state index in [-0.39, 0.29) is 42.5 Å². The van der Waals surface area contributed by atoms with Gasteiger partial charge in [-0.25, -0.2) is 17.2 Å². The van der Waals surface area contributed by atoms with Gasteiger partial charge in [-0.05, 0) is 31.0 Å². The molecule has 4 atom stereocenters. The van der Waals surface area contributed by atoms with E-state index in [0.29, 0.717) is 6.07 Å². The van der Waals surface area contributed by atoms with E-state index in [2.05, 4.69) is 0 Å². The maximum atomic E-state index is 13.4. The van der Waals surface area contributed by atoms with E-state index in [1.807, 2.05) is 0 Å². The molecule has 0 amide bonds. The number of rotatable bonds is 3. The van der Waals surface area contributed by atoms with Crippen molar-refractivity contribution in [3.05, 3.63) is 29.8 Å². The van der Waals surface area contributed by atoms with Crippen LogP contribution in [-0.2, 0) is 14.8 Å². The summed E-state index contributed by atoms with van der Waals surface area (Å²) in [5.74, 6) is -2.38. The molecule has 3 saturated heterocycles. The number of halogens is 2. The third-order valence-corrected chi connectivity index (χ3v) is 7.30. The molecule has 1 aromatic carbocycles. The van der Waals surface area contributed by atoms with E-state index in [9.17, 15) is 22.3 Å². The highest BCUT2D eigenvalue weighted by atomic mass is 32.2. The van der Waals surface area contributed by atoms with Crippen molar-refractivity contribution in [2.45, 2.75) is 29.4 Å². The fourth-order valence-corrected chi connectivity index (χ4v) is 5.90. The number of aliphatic hydroxyl groups excluding tert-OH is 1. The zero-order valence-electron chi connectivity index (χ0n) is 12.3. The molecule has 5 nitrogen and oxygen atoms in total. The van der Waals surface area contributed by atoms with Gasteiger partial charge < -0.3 is 9.84 Å². The standard InChI is InChI=1S/C15H17F2NO4S/c16-12-2-1-9(5-13(12)17)23(20,21)18-6-11-10(7-19)14-3-4-15(11,8-18)22-14/h1-2,5,10-11,14,19H,3-4,6-8H2/t10-,11+,14+,15+/m0/s1. The summed E-state index contributed by atoms with van der Waals surface area (Å²) in [7, 11) is -3.92. The first-order valence-corrected chi connectivity index (χ1v) is 9.05. The smallest absolute Gasteiger partial charge is 0.243 e. The van der Waals surface area contributed by atoms with E-state index in [4.69, 9.17) is 4.74 Å². The van der Waals surface area contributed by atoms with Crippen LogP contribution in [0.2, 0.25) is 0 Å². The number of hydrogen-bond acceptors (Lipinski definition) is 4. The fourth-order valence-electron chi connectivity index (χ4n) is 4.36. The van der Waals surface area contributed by atoms with Crippen molar-refractivity contribution in [3.8, 4) is 0 Å². The lowest BCUT2D eigenvalue weighted by Crippen LogP contribution is -2.38. The Morgan fingerprint density at radius 1 is 1.35 bits per heavy atom. The summed E-state index contributed by atoms with van der Waals surface area (Å²) >= 11 is 0. The molecule has 0 unspecified atom stereocenters. The van der Waals surface area contributed by atoms with Crippen LogP contribution >= 0.6 is 0 Å². The van der Waals surface area contributed by atoms with Crippen molar-refractivity contribution in [1.82, 2.24) is 4.31 Å². The van der Waals surface area contributed by atoms with Gasteiger partial charge in [-0.15, -0.1) is 0 Å². The minimum absolute atomic E-state index is 0.00174. The van der Waals surface area contributed by atoms with Crippen molar-refractivity contribution in [2.24, 2.45) is 11.8 Å². The molecule has 1 spiro atoms. The summed E-state index contributed by atoms with van der Waals surface area (Å²) in [4.78, 5) is -0.261.